The lowest BCUT2D eigenvalue weighted by Gasteiger charge is -2.11. The van der Waals surface area contributed by atoms with Gasteiger partial charge in [-0.3, -0.25) is 4.79 Å². The summed E-state index contributed by atoms with van der Waals surface area (Å²) in [7, 11) is 0. The Labute approximate surface area is 101 Å². The van der Waals surface area contributed by atoms with Crippen LogP contribution in [0.3, 0.4) is 0 Å². The smallest absolute Gasteiger partial charge is 0.267 e. The van der Waals surface area contributed by atoms with Gasteiger partial charge in [0.05, 0.1) is 6.54 Å². The van der Waals surface area contributed by atoms with Crippen molar-refractivity contribution < 1.29 is 9.18 Å². The lowest BCUT2D eigenvalue weighted by Crippen LogP contribution is -2.23. The second-order valence-electron chi connectivity index (χ2n) is 3.52. The monoisotopic (exact) mass is 236 g/mol. The zero-order valence-corrected chi connectivity index (χ0v) is 10.4. The van der Waals surface area contributed by atoms with Crippen LogP contribution in [0.1, 0.15) is 37.6 Å². The molecular weight excluding hydrogens is 219 g/mol. The van der Waals surface area contributed by atoms with Crippen molar-refractivity contribution in [3.63, 3.8) is 0 Å². The number of rotatable bonds is 1. The lowest BCUT2D eigenvalue weighted by atomic mass is 10.2. The van der Waals surface area contributed by atoms with Gasteiger partial charge >= 0.3 is 0 Å². The van der Waals surface area contributed by atoms with Crippen LogP contribution in [0.4, 0.5) is 4.39 Å². The molecule has 0 spiro atoms. The molecule has 1 aliphatic heterocycles. The molecule has 1 aromatic rings. The Hall–Kier alpha value is -1.71. The van der Waals surface area contributed by atoms with E-state index in [1.54, 1.807) is 6.07 Å². The molecule has 0 unspecified atom stereocenters. The molecule has 1 heterocycles. The van der Waals surface area contributed by atoms with Crippen molar-refractivity contribution in [3.8, 4) is 0 Å². The van der Waals surface area contributed by atoms with E-state index in [0.29, 0.717) is 12.1 Å². The van der Waals surface area contributed by atoms with Crippen LogP contribution in [0.25, 0.3) is 0 Å². The number of carbonyl (C=O) groups is 1. The molecule has 17 heavy (non-hydrogen) atoms. The highest BCUT2D eigenvalue weighted by Crippen LogP contribution is 2.12. The minimum Gasteiger partial charge on any atom is -0.267 e. The van der Waals surface area contributed by atoms with E-state index in [2.05, 4.69) is 5.10 Å². The van der Waals surface area contributed by atoms with Gasteiger partial charge in [-0.15, -0.1) is 0 Å². The van der Waals surface area contributed by atoms with Gasteiger partial charge in [-0.05, 0) is 25.1 Å². The summed E-state index contributed by atoms with van der Waals surface area (Å²) in [4.78, 5) is 11.8. The summed E-state index contributed by atoms with van der Waals surface area (Å²) in [6.45, 7) is 6.46. The Bertz CT molecular complexity index is 429. The SMILES string of the molecule is CC.CC1=NN(C(=O)c2cccc(F)c2)CC1. The summed E-state index contributed by atoms with van der Waals surface area (Å²) in [5, 5.41) is 5.45. The molecule has 0 radical (unpaired) electrons. The Balaban J connectivity index is 0.000000686. The maximum absolute atomic E-state index is 12.9. The maximum Gasteiger partial charge on any atom is 0.274 e. The number of halogens is 1. The number of hydrogen-bond acceptors (Lipinski definition) is 2. The van der Waals surface area contributed by atoms with Gasteiger partial charge in [0.15, 0.2) is 0 Å². The largest absolute Gasteiger partial charge is 0.274 e. The van der Waals surface area contributed by atoms with Crippen LogP contribution in [-0.2, 0) is 0 Å². The van der Waals surface area contributed by atoms with Crippen molar-refractivity contribution in [3.05, 3.63) is 35.6 Å². The normalized spacial score (nSPS) is 13.9. The van der Waals surface area contributed by atoms with Crippen LogP contribution in [0.5, 0.6) is 0 Å². The number of carbonyl (C=O) groups excluding carboxylic acids is 1. The van der Waals surface area contributed by atoms with Gasteiger partial charge in [-0.1, -0.05) is 19.9 Å². The molecule has 0 bridgehead atoms. The number of benzene rings is 1. The maximum atomic E-state index is 12.9. The van der Waals surface area contributed by atoms with Gasteiger partial charge in [0.25, 0.3) is 5.91 Å². The van der Waals surface area contributed by atoms with Crippen LogP contribution >= 0.6 is 0 Å². The molecule has 1 aliphatic rings. The summed E-state index contributed by atoms with van der Waals surface area (Å²) in [5.74, 6) is -0.646. The van der Waals surface area contributed by atoms with Crippen LogP contribution < -0.4 is 0 Å². The summed E-state index contributed by atoms with van der Waals surface area (Å²) < 4.78 is 12.9. The average Bonchev–Trinajstić information content (AvgIpc) is 2.77. The molecule has 3 nitrogen and oxygen atoms in total. The zero-order chi connectivity index (χ0) is 12.8. The molecule has 4 heteroatoms. The van der Waals surface area contributed by atoms with Crippen molar-refractivity contribution in [1.82, 2.24) is 5.01 Å². The van der Waals surface area contributed by atoms with Crippen LogP contribution in [0.15, 0.2) is 29.4 Å². The molecule has 0 saturated carbocycles. The molecule has 1 amide bonds. The Kier molecular flexibility index (Phi) is 4.82. The van der Waals surface area contributed by atoms with Gasteiger partial charge in [0, 0.05) is 17.7 Å². The predicted molar refractivity (Wildman–Crippen MR) is 66.5 cm³/mol. The number of amides is 1. The Morgan fingerprint density at radius 3 is 2.65 bits per heavy atom. The minimum atomic E-state index is -0.402. The standard InChI is InChI=1S/C11H11FN2O.C2H6/c1-8-5-6-14(13-8)11(15)9-3-2-4-10(12)7-9;1-2/h2-4,7H,5-6H2,1H3;1-2H3. The van der Waals surface area contributed by atoms with Gasteiger partial charge in [0.2, 0.25) is 0 Å². The van der Waals surface area contributed by atoms with Crippen LogP contribution in [-0.4, -0.2) is 23.2 Å². The first-order chi connectivity index (χ1) is 8.16. The van der Waals surface area contributed by atoms with Crippen molar-refractivity contribution in [2.75, 3.05) is 6.54 Å². The van der Waals surface area contributed by atoms with E-state index in [-0.39, 0.29) is 5.91 Å². The highest BCUT2D eigenvalue weighted by molar-refractivity contribution is 5.96. The third kappa shape index (κ3) is 3.37. The van der Waals surface area contributed by atoms with E-state index in [1.165, 1.54) is 23.2 Å². The van der Waals surface area contributed by atoms with Gasteiger partial charge in [-0.2, -0.15) is 5.10 Å². The number of hydrogen-bond donors (Lipinski definition) is 0. The van der Waals surface area contributed by atoms with Gasteiger partial charge < -0.3 is 0 Å². The topological polar surface area (TPSA) is 32.7 Å². The average molecular weight is 236 g/mol. The van der Waals surface area contributed by atoms with E-state index >= 15 is 0 Å². The second kappa shape index (κ2) is 6.13. The van der Waals surface area contributed by atoms with Crippen molar-refractivity contribution in [2.45, 2.75) is 27.2 Å². The summed E-state index contributed by atoms with van der Waals surface area (Å²) in [6.07, 6.45) is 0.793. The van der Waals surface area contributed by atoms with Crippen molar-refractivity contribution in [1.29, 1.82) is 0 Å². The Morgan fingerprint density at radius 1 is 1.41 bits per heavy atom. The molecule has 0 aromatic heterocycles. The molecule has 1 aromatic carbocycles. The second-order valence-corrected chi connectivity index (χ2v) is 3.52. The first-order valence-electron chi connectivity index (χ1n) is 5.78. The molecule has 0 fully saturated rings. The van der Waals surface area contributed by atoms with Crippen molar-refractivity contribution >= 4 is 11.6 Å². The third-order valence-electron chi connectivity index (χ3n) is 2.28. The zero-order valence-electron chi connectivity index (χ0n) is 10.4. The van der Waals surface area contributed by atoms with E-state index in [1.807, 2.05) is 20.8 Å². The highest BCUT2D eigenvalue weighted by Gasteiger charge is 2.19. The molecule has 0 N–H and O–H groups in total. The first-order valence-corrected chi connectivity index (χ1v) is 5.78. The van der Waals surface area contributed by atoms with E-state index < -0.39 is 5.82 Å². The third-order valence-corrected chi connectivity index (χ3v) is 2.28. The van der Waals surface area contributed by atoms with Gasteiger partial charge in [0.1, 0.15) is 5.82 Å². The molecule has 2 rings (SSSR count). The molecule has 0 aliphatic carbocycles. The van der Waals surface area contributed by atoms with Crippen LogP contribution in [0, 0.1) is 5.82 Å². The molecule has 92 valence electrons. The fourth-order valence-electron chi connectivity index (χ4n) is 1.49. The number of nitrogens with zero attached hydrogens (tertiary/aromatic N) is 2. The van der Waals surface area contributed by atoms with E-state index in [4.69, 9.17) is 0 Å². The van der Waals surface area contributed by atoms with E-state index in [0.717, 1.165) is 12.1 Å². The molecular formula is C13H17FN2O. The fraction of sp³-hybridized carbons (Fsp3) is 0.385. The summed E-state index contributed by atoms with van der Waals surface area (Å²) in [6, 6.07) is 5.66. The minimum absolute atomic E-state index is 0.244. The predicted octanol–water partition coefficient (Wildman–Crippen LogP) is 3.07. The van der Waals surface area contributed by atoms with Gasteiger partial charge in [-0.25, -0.2) is 9.40 Å². The highest BCUT2D eigenvalue weighted by atomic mass is 19.1. The van der Waals surface area contributed by atoms with Crippen molar-refractivity contribution in [2.24, 2.45) is 5.10 Å². The first kappa shape index (κ1) is 13.4. The number of hydrazone groups is 1. The quantitative estimate of drug-likeness (QED) is 0.737. The Morgan fingerprint density at radius 2 is 2.12 bits per heavy atom. The molecule has 0 saturated heterocycles. The lowest BCUT2D eigenvalue weighted by molar-refractivity contribution is 0.0778. The fourth-order valence-corrected chi connectivity index (χ4v) is 1.49. The summed E-state index contributed by atoms with van der Waals surface area (Å²) in [5.41, 5.74) is 1.27. The van der Waals surface area contributed by atoms with Crippen LogP contribution in [0.2, 0.25) is 0 Å². The van der Waals surface area contributed by atoms with E-state index in [9.17, 15) is 9.18 Å². The summed E-state index contributed by atoms with van der Waals surface area (Å²) >= 11 is 0. The molecule has 0 atom stereocenters.